The number of methoxy groups -OCH3 is 1. The van der Waals surface area contributed by atoms with Crippen molar-refractivity contribution in [3.05, 3.63) is 54.1 Å². The van der Waals surface area contributed by atoms with Gasteiger partial charge in [0.1, 0.15) is 5.75 Å². The molecule has 0 amide bonds. The highest BCUT2D eigenvalue weighted by atomic mass is 32.2. The van der Waals surface area contributed by atoms with Crippen LogP contribution in [0.5, 0.6) is 5.75 Å². The van der Waals surface area contributed by atoms with Gasteiger partial charge in [0, 0.05) is 10.6 Å². The summed E-state index contributed by atoms with van der Waals surface area (Å²) in [6, 6.07) is 14.4. The second-order valence-electron chi connectivity index (χ2n) is 5.62. The predicted octanol–water partition coefficient (Wildman–Crippen LogP) is 4.14. The standard InChI is InChI=1S/C18H22O4S2/c1-14-8-10-16(11-9-14)24(19,20)22-12-15(2)13-23-18-7-5-4-6-17(18)21-3/h4-11,15H,12-13H2,1-3H3/t15-/m0/s1. The van der Waals surface area contributed by atoms with Crippen LogP contribution in [0.4, 0.5) is 0 Å². The molecule has 0 unspecified atom stereocenters. The molecule has 2 aromatic rings. The molecule has 130 valence electrons. The van der Waals surface area contributed by atoms with E-state index in [2.05, 4.69) is 0 Å². The zero-order valence-electron chi connectivity index (χ0n) is 14.1. The van der Waals surface area contributed by atoms with Gasteiger partial charge in [0.25, 0.3) is 10.1 Å². The summed E-state index contributed by atoms with van der Waals surface area (Å²) in [5, 5.41) is 0. The first-order chi connectivity index (χ1) is 11.4. The van der Waals surface area contributed by atoms with Gasteiger partial charge in [-0.15, -0.1) is 11.8 Å². The molecule has 0 aliphatic heterocycles. The second-order valence-corrected chi connectivity index (χ2v) is 8.30. The van der Waals surface area contributed by atoms with Crippen molar-refractivity contribution >= 4 is 21.9 Å². The Morgan fingerprint density at radius 2 is 1.75 bits per heavy atom. The topological polar surface area (TPSA) is 52.6 Å². The normalized spacial score (nSPS) is 12.8. The highest BCUT2D eigenvalue weighted by Gasteiger charge is 2.17. The van der Waals surface area contributed by atoms with Crippen LogP contribution in [0, 0.1) is 12.8 Å². The number of benzene rings is 2. The van der Waals surface area contributed by atoms with Crippen LogP contribution in [0.1, 0.15) is 12.5 Å². The highest BCUT2D eigenvalue weighted by molar-refractivity contribution is 7.99. The molecule has 0 saturated heterocycles. The molecule has 1 atom stereocenters. The van der Waals surface area contributed by atoms with Crippen molar-refractivity contribution in [1.82, 2.24) is 0 Å². The Morgan fingerprint density at radius 1 is 1.08 bits per heavy atom. The lowest BCUT2D eigenvalue weighted by molar-refractivity contribution is 0.277. The smallest absolute Gasteiger partial charge is 0.296 e. The molecular weight excluding hydrogens is 344 g/mol. The third-order valence-electron chi connectivity index (χ3n) is 3.41. The average Bonchev–Trinajstić information content (AvgIpc) is 2.59. The Hall–Kier alpha value is -1.50. The molecule has 0 saturated carbocycles. The van der Waals surface area contributed by atoms with E-state index in [1.807, 2.05) is 38.1 Å². The van der Waals surface area contributed by atoms with Gasteiger partial charge in [-0.3, -0.25) is 4.18 Å². The number of para-hydroxylation sites is 1. The van der Waals surface area contributed by atoms with Gasteiger partial charge < -0.3 is 4.74 Å². The van der Waals surface area contributed by atoms with Crippen LogP contribution >= 0.6 is 11.8 Å². The number of rotatable bonds is 8. The number of hydrogen-bond acceptors (Lipinski definition) is 5. The first-order valence-corrected chi connectivity index (χ1v) is 10.0. The first kappa shape index (κ1) is 18.8. The molecule has 0 bridgehead atoms. The fourth-order valence-corrected chi connectivity index (χ4v) is 4.04. The van der Waals surface area contributed by atoms with E-state index in [0.29, 0.717) is 0 Å². The van der Waals surface area contributed by atoms with Crippen LogP contribution in [0.15, 0.2) is 58.3 Å². The van der Waals surface area contributed by atoms with Crippen molar-refractivity contribution in [2.45, 2.75) is 23.6 Å². The average molecular weight is 367 g/mol. The Labute approximate surface area is 148 Å². The van der Waals surface area contributed by atoms with Gasteiger partial charge in [0.15, 0.2) is 0 Å². The summed E-state index contributed by atoms with van der Waals surface area (Å²) in [7, 11) is -2.06. The summed E-state index contributed by atoms with van der Waals surface area (Å²) in [5.41, 5.74) is 1.01. The van der Waals surface area contributed by atoms with Gasteiger partial charge in [0.2, 0.25) is 0 Å². The van der Waals surface area contributed by atoms with Crippen molar-refractivity contribution in [1.29, 1.82) is 0 Å². The third-order valence-corrected chi connectivity index (χ3v) is 6.09. The van der Waals surface area contributed by atoms with E-state index in [9.17, 15) is 8.42 Å². The number of aryl methyl sites for hydroxylation is 1. The van der Waals surface area contributed by atoms with Crippen LogP contribution in [-0.4, -0.2) is 27.9 Å². The van der Waals surface area contributed by atoms with Gasteiger partial charge in [-0.25, -0.2) is 0 Å². The van der Waals surface area contributed by atoms with Crippen LogP contribution in [-0.2, 0) is 14.3 Å². The number of thioether (sulfide) groups is 1. The molecule has 24 heavy (non-hydrogen) atoms. The zero-order chi connectivity index (χ0) is 17.6. The van der Waals surface area contributed by atoms with Gasteiger partial charge in [0.05, 0.1) is 18.6 Å². The van der Waals surface area contributed by atoms with E-state index in [0.717, 1.165) is 22.0 Å². The SMILES string of the molecule is COc1ccccc1SC[C@@H](C)COS(=O)(=O)c1ccc(C)cc1. The van der Waals surface area contributed by atoms with Gasteiger partial charge in [-0.05, 0) is 37.1 Å². The molecule has 0 N–H and O–H groups in total. The molecule has 0 radical (unpaired) electrons. The van der Waals surface area contributed by atoms with Crippen molar-refractivity contribution in [3.8, 4) is 5.75 Å². The van der Waals surface area contributed by atoms with Crippen molar-refractivity contribution < 1.29 is 17.3 Å². The summed E-state index contributed by atoms with van der Waals surface area (Å²) in [4.78, 5) is 1.23. The Bertz CT molecular complexity index is 755. The van der Waals surface area contributed by atoms with Crippen LogP contribution in [0.2, 0.25) is 0 Å². The maximum Gasteiger partial charge on any atom is 0.296 e. The molecule has 6 heteroatoms. The largest absolute Gasteiger partial charge is 0.496 e. The quantitative estimate of drug-likeness (QED) is 0.519. The van der Waals surface area contributed by atoms with Crippen molar-refractivity contribution in [3.63, 3.8) is 0 Å². The van der Waals surface area contributed by atoms with E-state index < -0.39 is 10.1 Å². The van der Waals surface area contributed by atoms with Crippen LogP contribution < -0.4 is 4.74 Å². The summed E-state index contributed by atoms with van der Waals surface area (Å²) in [6.45, 7) is 4.03. The molecule has 0 aromatic heterocycles. The molecule has 2 rings (SSSR count). The molecule has 2 aromatic carbocycles. The lowest BCUT2D eigenvalue weighted by atomic mass is 10.2. The van der Waals surface area contributed by atoms with Gasteiger partial charge in [-0.1, -0.05) is 36.8 Å². The Balaban J connectivity index is 1.88. The zero-order valence-corrected chi connectivity index (χ0v) is 15.7. The van der Waals surface area contributed by atoms with Crippen molar-refractivity contribution in [2.24, 2.45) is 5.92 Å². The number of ether oxygens (including phenoxy) is 1. The molecule has 0 heterocycles. The summed E-state index contributed by atoms with van der Waals surface area (Å²) in [5.74, 6) is 1.65. The fourth-order valence-electron chi connectivity index (χ4n) is 2.00. The van der Waals surface area contributed by atoms with E-state index in [1.54, 1.807) is 43.1 Å². The minimum atomic E-state index is -3.70. The fraction of sp³-hybridized carbons (Fsp3) is 0.333. The van der Waals surface area contributed by atoms with E-state index in [1.165, 1.54) is 0 Å². The molecule has 0 spiro atoms. The lowest BCUT2D eigenvalue weighted by Gasteiger charge is -2.13. The monoisotopic (exact) mass is 366 g/mol. The minimum Gasteiger partial charge on any atom is -0.496 e. The summed E-state index contributed by atoms with van der Waals surface area (Å²) < 4.78 is 34.8. The Kier molecular flexibility index (Phi) is 6.71. The van der Waals surface area contributed by atoms with Crippen LogP contribution in [0.25, 0.3) is 0 Å². The Morgan fingerprint density at radius 3 is 2.42 bits per heavy atom. The third kappa shape index (κ3) is 5.26. The van der Waals surface area contributed by atoms with E-state index in [-0.39, 0.29) is 17.4 Å². The lowest BCUT2D eigenvalue weighted by Crippen LogP contribution is -2.14. The van der Waals surface area contributed by atoms with Gasteiger partial charge >= 0.3 is 0 Å². The molecule has 4 nitrogen and oxygen atoms in total. The predicted molar refractivity (Wildman–Crippen MR) is 97.2 cm³/mol. The van der Waals surface area contributed by atoms with E-state index >= 15 is 0 Å². The van der Waals surface area contributed by atoms with E-state index in [4.69, 9.17) is 8.92 Å². The molecule has 0 aliphatic carbocycles. The first-order valence-electron chi connectivity index (χ1n) is 7.64. The highest BCUT2D eigenvalue weighted by Crippen LogP contribution is 2.30. The van der Waals surface area contributed by atoms with Crippen LogP contribution in [0.3, 0.4) is 0 Å². The van der Waals surface area contributed by atoms with Gasteiger partial charge in [-0.2, -0.15) is 8.42 Å². The molecule has 0 fully saturated rings. The maximum absolute atomic E-state index is 12.2. The second kappa shape index (κ2) is 8.55. The maximum atomic E-state index is 12.2. The van der Waals surface area contributed by atoms with Crippen molar-refractivity contribution in [2.75, 3.05) is 19.5 Å². The minimum absolute atomic E-state index is 0.0835. The molecule has 0 aliphatic rings. The summed E-state index contributed by atoms with van der Waals surface area (Å²) in [6.07, 6.45) is 0. The number of hydrogen-bond donors (Lipinski definition) is 0. The summed E-state index contributed by atoms with van der Waals surface area (Å²) >= 11 is 1.63. The molecular formula is C18H22O4S2.